The molecule has 28 heavy (non-hydrogen) atoms. The fourth-order valence-corrected chi connectivity index (χ4v) is 3.86. The molecule has 0 aliphatic carbocycles. The minimum absolute atomic E-state index is 0.732. The van der Waals surface area contributed by atoms with Crippen molar-refractivity contribution in [3.8, 4) is 11.4 Å². The minimum atomic E-state index is 0.732. The van der Waals surface area contributed by atoms with E-state index >= 15 is 0 Å². The van der Waals surface area contributed by atoms with Gasteiger partial charge in [0.15, 0.2) is 10.6 Å². The third-order valence-corrected chi connectivity index (χ3v) is 5.75. The van der Waals surface area contributed by atoms with Crippen molar-refractivity contribution in [2.45, 2.75) is 20.1 Å². The summed E-state index contributed by atoms with van der Waals surface area (Å²) < 4.78 is 4.65. The first kappa shape index (κ1) is 19.0. The Bertz CT molecular complexity index is 986. The van der Waals surface area contributed by atoms with E-state index in [1.807, 2.05) is 28.4 Å². The third kappa shape index (κ3) is 4.22. The standard InChI is InChI=1S/C21H26N6S/c1-17-4-3-5-18(14-17)15-25-10-12-26(13-11-25)16-27-21(28)24(2)20(23-27)19-6-8-22-9-7-19/h3-9,14H,10-13,15-16H2,1-2H3. The Morgan fingerprint density at radius 1 is 1.00 bits per heavy atom. The van der Waals surface area contributed by atoms with Crippen LogP contribution in [0.4, 0.5) is 0 Å². The van der Waals surface area contributed by atoms with Crippen molar-refractivity contribution in [2.75, 3.05) is 26.2 Å². The molecule has 1 fully saturated rings. The molecule has 0 spiro atoms. The summed E-state index contributed by atoms with van der Waals surface area (Å²) in [6.45, 7) is 8.07. The van der Waals surface area contributed by atoms with Crippen molar-refractivity contribution >= 4 is 12.2 Å². The molecule has 1 aliphatic rings. The van der Waals surface area contributed by atoms with E-state index in [0.29, 0.717) is 0 Å². The van der Waals surface area contributed by atoms with E-state index in [4.69, 9.17) is 17.3 Å². The molecule has 0 bridgehead atoms. The van der Waals surface area contributed by atoms with Crippen molar-refractivity contribution in [1.29, 1.82) is 0 Å². The molecule has 2 aromatic heterocycles. The first-order chi connectivity index (χ1) is 13.6. The Labute approximate surface area is 171 Å². The molecule has 3 heterocycles. The predicted octanol–water partition coefficient (Wildman–Crippen LogP) is 3.10. The molecule has 0 N–H and O–H groups in total. The van der Waals surface area contributed by atoms with Gasteiger partial charge in [0.2, 0.25) is 0 Å². The first-order valence-electron chi connectivity index (χ1n) is 9.64. The highest BCUT2D eigenvalue weighted by molar-refractivity contribution is 7.71. The molecule has 3 aromatic rings. The van der Waals surface area contributed by atoms with Crippen LogP contribution in [-0.2, 0) is 20.3 Å². The van der Waals surface area contributed by atoms with E-state index in [2.05, 4.69) is 46.0 Å². The molecule has 4 rings (SSSR count). The minimum Gasteiger partial charge on any atom is -0.303 e. The Hall–Kier alpha value is -2.35. The number of rotatable bonds is 5. The van der Waals surface area contributed by atoms with Crippen LogP contribution in [0.15, 0.2) is 48.8 Å². The molecule has 0 unspecified atom stereocenters. The van der Waals surface area contributed by atoms with Gasteiger partial charge in [0.1, 0.15) is 0 Å². The van der Waals surface area contributed by atoms with Gasteiger partial charge in [-0.3, -0.25) is 14.8 Å². The second-order valence-corrected chi connectivity index (χ2v) is 7.79. The van der Waals surface area contributed by atoms with E-state index in [0.717, 1.165) is 55.6 Å². The molecule has 1 aromatic carbocycles. The molecule has 0 amide bonds. The van der Waals surface area contributed by atoms with Crippen LogP contribution in [0, 0.1) is 11.7 Å². The van der Waals surface area contributed by atoms with Crippen molar-refractivity contribution < 1.29 is 0 Å². The summed E-state index contributed by atoms with van der Waals surface area (Å²) in [5, 5.41) is 4.76. The maximum atomic E-state index is 5.62. The second kappa shape index (κ2) is 8.34. The molecule has 7 heteroatoms. The van der Waals surface area contributed by atoms with Gasteiger partial charge in [0, 0.05) is 57.7 Å². The maximum absolute atomic E-state index is 5.62. The van der Waals surface area contributed by atoms with Crippen molar-refractivity contribution in [3.63, 3.8) is 0 Å². The molecule has 146 valence electrons. The number of benzene rings is 1. The summed E-state index contributed by atoms with van der Waals surface area (Å²) in [4.78, 5) is 9.02. The molecule has 0 saturated carbocycles. The zero-order chi connectivity index (χ0) is 19.5. The summed E-state index contributed by atoms with van der Waals surface area (Å²) in [7, 11) is 1.97. The van der Waals surface area contributed by atoms with Gasteiger partial charge < -0.3 is 4.57 Å². The normalized spacial score (nSPS) is 15.8. The monoisotopic (exact) mass is 394 g/mol. The Balaban J connectivity index is 1.38. The summed E-state index contributed by atoms with van der Waals surface area (Å²) in [5.74, 6) is 0.880. The quantitative estimate of drug-likeness (QED) is 0.622. The molecule has 6 nitrogen and oxygen atoms in total. The number of hydrogen-bond donors (Lipinski definition) is 0. The van der Waals surface area contributed by atoms with Gasteiger partial charge in [-0.1, -0.05) is 29.8 Å². The van der Waals surface area contributed by atoms with E-state index in [1.165, 1.54) is 11.1 Å². The number of piperazine rings is 1. The number of hydrogen-bond acceptors (Lipinski definition) is 5. The van der Waals surface area contributed by atoms with Crippen molar-refractivity contribution in [3.05, 3.63) is 64.7 Å². The summed E-state index contributed by atoms with van der Waals surface area (Å²) >= 11 is 5.62. The van der Waals surface area contributed by atoms with E-state index < -0.39 is 0 Å². The van der Waals surface area contributed by atoms with E-state index in [1.54, 1.807) is 12.4 Å². The van der Waals surface area contributed by atoms with Crippen LogP contribution >= 0.6 is 12.2 Å². The number of pyridine rings is 1. The molecule has 1 saturated heterocycles. The molecule has 0 atom stereocenters. The topological polar surface area (TPSA) is 42.1 Å². The van der Waals surface area contributed by atoms with Gasteiger partial charge in [-0.25, -0.2) is 4.68 Å². The highest BCUT2D eigenvalue weighted by atomic mass is 32.1. The highest BCUT2D eigenvalue weighted by Gasteiger charge is 2.19. The maximum Gasteiger partial charge on any atom is 0.199 e. The Kier molecular flexibility index (Phi) is 5.66. The Morgan fingerprint density at radius 3 is 2.43 bits per heavy atom. The lowest BCUT2D eigenvalue weighted by atomic mass is 10.1. The fourth-order valence-electron chi connectivity index (χ4n) is 3.68. The zero-order valence-electron chi connectivity index (χ0n) is 16.5. The van der Waals surface area contributed by atoms with Crippen LogP contribution in [0.25, 0.3) is 11.4 Å². The first-order valence-corrected chi connectivity index (χ1v) is 10.1. The molecule has 0 radical (unpaired) electrons. The van der Waals surface area contributed by atoms with Gasteiger partial charge >= 0.3 is 0 Å². The van der Waals surface area contributed by atoms with Crippen LogP contribution in [-0.4, -0.2) is 55.3 Å². The van der Waals surface area contributed by atoms with Gasteiger partial charge in [-0.15, -0.1) is 0 Å². The lowest BCUT2D eigenvalue weighted by molar-refractivity contribution is 0.0981. The van der Waals surface area contributed by atoms with Crippen molar-refractivity contribution in [1.82, 2.24) is 29.1 Å². The van der Waals surface area contributed by atoms with Gasteiger partial charge in [-0.2, -0.15) is 5.10 Å². The van der Waals surface area contributed by atoms with Gasteiger partial charge in [-0.05, 0) is 36.8 Å². The molecule has 1 aliphatic heterocycles. The fraction of sp³-hybridized carbons (Fsp3) is 0.381. The molecular weight excluding hydrogens is 368 g/mol. The van der Waals surface area contributed by atoms with Crippen LogP contribution in [0.2, 0.25) is 0 Å². The second-order valence-electron chi connectivity index (χ2n) is 7.43. The number of nitrogens with zero attached hydrogens (tertiary/aromatic N) is 6. The highest BCUT2D eigenvalue weighted by Crippen LogP contribution is 2.17. The van der Waals surface area contributed by atoms with Crippen LogP contribution in [0.1, 0.15) is 11.1 Å². The SMILES string of the molecule is Cc1cccc(CN2CCN(Cn3nc(-c4ccncc4)n(C)c3=S)CC2)c1. The lowest BCUT2D eigenvalue weighted by Crippen LogP contribution is -2.46. The van der Waals surface area contributed by atoms with Gasteiger partial charge in [0.05, 0.1) is 6.67 Å². The van der Waals surface area contributed by atoms with Crippen LogP contribution in [0.5, 0.6) is 0 Å². The zero-order valence-corrected chi connectivity index (χ0v) is 17.3. The van der Waals surface area contributed by atoms with Gasteiger partial charge in [0.25, 0.3) is 0 Å². The summed E-state index contributed by atoms with van der Waals surface area (Å²) in [5.41, 5.74) is 3.75. The van der Waals surface area contributed by atoms with Crippen LogP contribution in [0.3, 0.4) is 0 Å². The third-order valence-electron chi connectivity index (χ3n) is 5.27. The van der Waals surface area contributed by atoms with E-state index in [9.17, 15) is 0 Å². The summed E-state index contributed by atoms with van der Waals surface area (Å²) in [6.07, 6.45) is 3.57. The smallest absolute Gasteiger partial charge is 0.199 e. The average Bonchev–Trinajstić information content (AvgIpc) is 2.99. The average molecular weight is 395 g/mol. The van der Waals surface area contributed by atoms with Crippen LogP contribution < -0.4 is 0 Å². The van der Waals surface area contributed by atoms with E-state index in [-0.39, 0.29) is 0 Å². The lowest BCUT2D eigenvalue weighted by Gasteiger charge is -2.34. The Morgan fingerprint density at radius 2 is 1.71 bits per heavy atom. The molecular formula is C21H26N6S. The largest absolute Gasteiger partial charge is 0.303 e. The number of aromatic nitrogens is 4. The number of aryl methyl sites for hydroxylation is 1. The summed E-state index contributed by atoms with van der Waals surface area (Å²) in [6, 6.07) is 12.7. The predicted molar refractivity (Wildman–Crippen MR) is 113 cm³/mol. The van der Waals surface area contributed by atoms with Crippen molar-refractivity contribution in [2.24, 2.45) is 7.05 Å².